The van der Waals surface area contributed by atoms with E-state index in [1.807, 2.05) is 6.08 Å². The standard InChI is InChI=1S/C23H32O4/c1-21-8-5-14(24)11-13(21)3-4-15-17(21)6-9-22(2)20(15)16-12-18(16)23(22,27)10-7-19(25)26/h11,15-18,20,27H,3-10,12H2,1-2H3,(H,25,26)/t15?,16-,17?,18+,20?,21+,22+,23+/m1/s1. The molecule has 0 saturated heterocycles. The smallest absolute Gasteiger partial charge is 0.303 e. The summed E-state index contributed by atoms with van der Waals surface area (Å²) < 4.78 is 0. The first-order valence-electron chi connectivity index (χ1n) is 10.9. The molecule has 4 heteroatoms. The molecule has 0 aromatic carbocycles. The Labute approximate surface area is 161 Å². The lowest BCUT2D eigenvalue weighted by Gasteiger charge is -2.60. The zero-order chi connectivity index (χ0) is 19.2. The number of aliphatic carboxylic acids is 1. The molecule has 4 saturated carbocycles. The quantitative estimate of drug-likeness (QED) is 0.786. The third kappa shape index (κ3) is 2.19. The van der Waals surface area contributed by atoms with Crippen LogP contribution in [0.1, 0.15) is 71.6 Å². The van der Waals surface area contributed by atoms with Crippen LogP contribution in [0.5, 0.6) is 0 Å². The molecule has 0 amide bonds. The van der Waals surface area contributed by atoms with E-state index >= 15 is 0 Å². The highest BCUT2D eigenvalue weighted by molar-refractivity contribution is 5.91. The summed E-state index contributed by atoms with van der Waals surface area (Å²) in [5.74, 6) is 2.15. The van der Waals surface area contributed by atoms with Gasteiger partial charge in [0.2, 0.25) is 0 Å². The Morgan fingerprint density at radius 2 is 1.93 bits per heavy atom. The molecule has 3 unspecified atom stereocenters. The fourth-order valence-electron chi connectivity index (χ4n) is 8.46. The van der Waals surface area contributed by atoms with E-state index in [4.69, 9.17) is 0 Å². The Kier molecular flexibility index (Phi) is 3.62. The number of allylic oxidation sites excluding steroid dienone is 1. The number of rotatable bonds is 3. The minimum absolute atomic E-state index is 0.0723. The molecule has 0 aromatic rings. The van der Waals surface area contributed by atoms with Crippen molar-refractivity contribution in [2.45, 2.75) is 77.2 Å². The van der Waals surface area contributed by atoms with Crippen molar-refractivity contribution >= 4 is 11.8 Å². The first-order valence-corrected chi connectivity index (χ1v) is 10.9. The van der Waals surface area contributed by atoms with Gasteiger partial charge in [0.15, 0.2) is 5.78 Å². The Hall–Kier alpha value is -1.16. The number of carbonyl (C=O) groups is 2. The normalized spacial score (nSPS) is 52.9. The van der Waals surface area contributed by atoms with Gasteiger partial charge >= 0.3 is 5.97 Å². The summed E-state index contributed by atoms with van der Waals surface area (Å²) in [6.45, 7) is 4.65. The molecule has 4 fully saturated rings. The molecule has 0 heterocycles. The van der Waals surface area contributed by atoms with Crippen LogP contribution in [0.3, 0.4) is 0 Å². The number of hydrogen-bond donors (Lipinski definition) is 2. The van der Waals surface area contributed by atoms with Gasteiger partial charge in [-0.1, -0.05) is 19.4 Å². The average Bonchev–Trinajstić information content (AvgIpc) is 3.37. The third-order valence-electron chi connectivity index (χ3n) is 9.84. The molecule has 8 atom stereocenters. The van der Waals surface area contributed by atoms with E-state index in [0.29, 0.717) is 48.2 Å². The highest BCUT2D eigenvalue weighted by atomic mass is 16.4. The number of hydrogen-bond acceptors (Lipinski definition) is 3. The van der Waals surface area contributed by atoms with Gasteiger partial charge in [-0.15, -0.1) is 0 Å². The van der Waals surface area contributed by atoms with Crippen molar-refractivity contribution in [3.05, 3.63) is 11.6 Å². The first kappa shape index (κ1) is 17.9. The van der Waals surface area contributed by atoms with E-state index in [9.17, 15) is 19.8 Å². The van der Waals surface area contributed by atoms with E-state index in [2.05, 4.69) is 13.8 Å². The second kappa shape index (κ2) is 5.46. The van der Waals surface area contributed by atoms with Gasteiger partial charge < -0.3 is 10.2 Å². The predicted octanol–water partition coefficient (Wildman–Crippen LogP) is 3.97. The second-order valence-electron chi connectivity index (χ2n) is 10.7. The molecule has 0 bridgehead atoms. The number of carbonyl (C=O) groups excluding carboxylic acids is 1. The minimum Gasteiger partial charge on any atom is -0.481 e. The van der Waals surface area contributed by atoms with Crippen LogP contribution in [0.2, 0.25) is 0 Å². The predicted molar refractivity (Wildman–Crippen MR) is 101 cm³/mol. The maximum Gasteiger partial charge on any atom is 0.303 e. The number of aliphatic hydroxyl groups is 1. The van der Waals surface area contributed by atoms with Gasteiger partial charge in [-0.05, 0) is 91.4 Å². The van der Waals surface area contributed by atoms with Crippen molar-refractivity contribution in [1.82, 2.24) is 0 Å². The number of fused-ring (bicyclic) bond motifs is 7. The molecular formula is C23H32O4. The molecule has 5 aliphatic rings. The maximum atomic E-state index is 12.0. The maximum absolute atomic E-state index is 12.0. The van der Waals surface area contributed by atoms with Crippen LogP contribution in [0.25, 0.3) is 0 Å². The topological polar surface area (TPSA) is 74.6 Å². The lowest BCUT2D eigenvalue weighted by atomic mass is 9.45. The van der Waals surface area contributed by atoms with E-state index in [0.717, 1.165) is 38.5 Å². The van der Waals surface area contributed by atoms with Crippen LogP contribution < -0.4 is 0 Å². The van der Waals surface area contributed by atoms with E-state index in [1.54, 1.807) is 0 Å². The SMILES string of the molecule is C[C@]12CCC(=O)C=C1CCC1C2CC[C@@]2(C)C1[C@@H]1C[C@@H]1[C@@]2(O)CCC(=O)O. The lowest BCUT2D eigenvalue weighted by molar-refractivity contribution is -0.158. The van der Waals surface area contributed by atoms with Crippen LogP contribution in [-0.4, -0.2) is 27.6 Å². The summed E-state index contributed by atoms with van der Waals surface area (Å²) in [6, 6.07) is 0. The molecule has 0 radical (unpaired) electrons. The Balaban J connectivity index is 1.48. The van der Waals surface area contributed by atoms with Crippen molar-refractivity contribution in [3.63, 3.8) is 0 Å². The van der Waals surface area contributed by atoms with Crippen molar-refractivity contribution in [1.29, 1.82) is 0 Å². The second-order valence-corrected chi connectivity index (χ2v) is 10.7. The molecule has 5 aliphatic carbocycles. The molecule has 0 aliphatic heterocycles. The van der Waals surface area contributed by atoms with E-state index < -0.39 is 11.6 Å². The number of carboxylic acids is 1. The monoisotopic (exact) mass is 372 g/mol. The Bertz CT molecular complexity index is 741. The zero-order valence-electron chi connectivity index (χ0n) is 16.5. The molecular weight excluding hydrogens is 340 g/mol. The van der Waals surface area contributed by atoms with E-state index in [1.165, 1.54) is 5.57 Å². The molecule has 0 spiro atoms. The summed E-state index contributed by atoms with van der Waals surface area (Å²) in [5.41, 5.74) is 0.601. The molecule has 5 rings (SSSR count). The minimum atomic E-state index is -0.800. The van der Waals surface area contributed by atoms with Crippen LogP contribution in [-0.2, 0) is 9.59 Å². The summed E-state index contributed by atoms with van der Waals surface area (Å²) in [4.78, 5) is 23.2. The van der Waals surface area contributed by atoms with Gasteiger partial charge in [0.05, 0.1) is 5.60 Å². The molecule has 148 valence electrons. The molecule has 0 aromatic heterocycles. The molecule has 2 N–H and O–H groups in total. The van der Waals surface area contributed by atoms with E-state index in [-0.39, 0.29) is 17.3 Å². The summed E-state index contributed by atoms with van der Waals surface area (Å²) in [6.07, 6.45) is 9.45. The summed E-state index contributed by atoms with van der Waals surface area (Å²) >= 11 is 0. The van der Waals surface area contributed by atoms with Gasteiger partial charge in [-0.2, -0.15) is 0 Å². The van der Waals surface area contributed by atoms with Gasteiger partial charge in [-0.25, -0.2) is 0 Å². The number of carboxylic acid groups (broad SMARTS) is 1. The van der Waals surface area contributed by atoms with Crippen LogP contribution in [0.15, 0.2) is 11.6 Å². The van der Waals surface area contributed by atoms with Crippen molar-refractivity contribution < 1.29 is 19.8 Å². The van der Waals surface area contributed by atoms with Crippen molar-refractivity contribution in [2.75, 3.05) is 0 Å². The van der Waals surface area contributed by atoms with Crippen molar-refractivity contribution in [3.8, 4) is 0 Å². The largest absolute Gasteiger partial charge is 0.481 e. The van der Waals surface area contributed by atoms with Gasteiger partial charge in [0.25, 0.3) is 0 Å². The van der Waals surface area contributed by atoms with Crippen molar-refractivity contribution in [2.24, 2.45) is 40.4 Å². The highest BCUT2D eigenvalue weighted by Crippen LogP contribution is 2.77. The van der Waals surface area contributed by atoms with Gasteiger partial charge in [0, 0.05) is 12.8 Å². The fourth-order valence-corrected chi connectivity index (χ4v) is 8.46. The molecule has 27 heavy (non-hydrogen) atoms. The van der Waals surface area contributed by atoms with Crippen LogP contribution in [0, 0.1) is 40.4 Å². The van der Waals surface area contributed by atoms with Gasteiger partial charge in [0.1, 0.15) is 0 Å². The highest BCUT2D eigenvalue weighted by Gasteiger charge is 2.75. The average molecular weight is 373 g/mol. The summed E-state index contributed by atoms with van der Waals surface area (Å²) in [7, 11) is 0. The fraction of sp³-hybridized carbons (Fsp3) is 0.826. The number of ketones is 1. The Morgan fingerprint density at radius 1 is 1.15 bits per heavy atom. The third-order valence-corrected chi connectivity index (χ3v) is 9.84. The Morgan fingerprint density at radius 3 is 2.67 bits per heavy atom. The van der Waals surface area contributed by atoms with Gasteiger partial charge in [-0.3, -0.25) is 9.59 Å². The van der Waals surface area contributed by atoms with Crippen LogP contribution in [0.4, 0.5) is 0 Å². The first-order chi connectivity index (χ1) is 12.7. The lowest BCUT2D eigenvalue weighted by Crippen LogP contribution is -2.57. The van der Waals surface area contributed by atoms with Crippen LogP contribution >= 0.6 is 0 Å². The summed E-state index contributed by atoms with van der Waals surface area (Å²) in [5, 5.41) is 20.9. The zero-order valence-corrected chi connectivity index (χ0v) is 16.5. The molecule has 4 nitrogen and oxygen atoms in total.